The molecule has 2 aliphatic carbocycles. The molecule has 0 radical (unpaired) electrons. The van der Waals surface area contributed by atoms with E-state index in [2.05, 4.69) is 0 Å². The summed E-state index contributed by atoms with van der Waals surface area (Å²) in [5.41, 5.74) is 6.29. The van der Waals surface area contributed by atoms with Crippen LogP contribution in [0.3, 0.4) is 0 Å². The molecule has 0 aromatic carbocycles. The van der Waals surface area contributed by atoms with Crippen LogP contribution in [0.25, 0.3) is 0 Å². The molecule has 0 aliphatic heterocycles. The SMILES string of the molecule is NC1(CCCF)CC2CCC1C2. The summed E-state index contributed by atoms with van der Waals surface area (Å²) in [5, 5.41) is 0. The van der Waals surface area contributed by atoms with Crippen LogP contribution in [0, 0.1) is 11.8 Å². The summed E-state index contributed by atoms with van der Waals surface area (Å²) < 4.78 is 12.0. The molecule has 2 saturated carbocycles. The van der Waals surface area contributed by atoms with Gasteiger partial charge in [-0.3, -0.25) is 4.39 Å². The van der Waals surface area contributed by atoms with Gasteiger partial charge >= 0.3 is 0 Å². The van der Waals surface area contributed by atoms with E-state index in [4.69, 9.17) is 5.73 Å². The molecule has 12 heavy (non-hydrogen) atoms. The topological polar surface area (TPSA) is 26.0 Å². The predicted octanol–water partition coefficient (Wildman–Crippen LogP) is 2.25. The van der Waals surface area contributed by atoms with E-state index in [0.29, 0.717) is 12.3 Å². The van der Waals surface area contributed by atoms with Crippen molar-refractivity contribution in [3.63, 3.8) is 0 Å². The predicted molar refractivity (Wildman–Crippen MR) is 47.6 cm³/mol. The van der Waals surface area contributed by atoms with Gasteiger partial charge in [0, 0.05) is 5.54 Å². The molecule has 70 valence electrons. The monoisotopic (exact) mass is 171 g/mol. The summed E-state index contributed by atoms with van der Waals surface area (Å²) in [5.74, 6) is 1.59. The van der Waals surface area contributed by atoms with E-state index in [1.807, 2.05) is 0 Å². The van der Waals surface area contributed by atoms with Crippen molar-refractivity contribution < 1.29 is 4.39 Å². The fraction of sp³-hybridized carbons (Fsp3) is 1.00. The second-order valence-electron chi connectivity index (χ2n) is 4.61. The molecule has 3 unspecified atom stereocenters. The van der Waals surface area contributed by atoms with Crippen LogP contribution in [0.5, 0.6) is 0 Å². The Morgan fingerprint density at radius 3 is 2.75 bits per heavy atom. The first-order valence-electron chi connectivity index (χ1n) is 5.09. The molecule has 0 heterocycles. The third-order valence-corrected chi connectivity index (χ3v) is 3.80. The highest BCUT2D eigenvalue weighted by atomic mass is 19.1. The van der Waals surface area contributed by atoms with Crippen LogP contribution in [0.4, 0.5) is 4.39 Å². The maximum absolute atomic E-state index is 12.0. The van der Waals surface area contributed by atoms with Gasteiger partial charge < -0.3 is 5.73 Å². The molecule has 0 saturated heterocycles. The molecule has 0 amide bonds. The summed E-state index contributed by atoms with van der Waals surface area (Å²) in [6.45, 7) is -0.198. The number of hydrogen-bond acceptors (Lipinski definition) is 1. The van der Waals surface area contributed by atoms with Gasteiger partial charge in [0.25, 0.3) is 0 Å². The summed E-state index contributed by atoms with van der Waals surface area (Å²) in [6.07, 6.45) is 6.73. The molecule has 2 rings (SSSR count). The van der Waals surface area contributed by atoms with E-state index >= 15 is 0 Å². The minimum Gasteiger partial charge on any atom is -0.325 e. The Kier molecular flexibility index (Phi) is 2.11. The van der Waals surface area contributed by atoms with Gasteiger partial charge in [-0.15, -0.1) is 0 Å². The lowest BCUT2D eigenvalue weighted by Gasteiger charge is -2.33. The summed E-state index contributed by atoms with van der Waals surface area (Å²) in [6, 6.07) is 0. The van der Waals surface area contributed by atoms with Crippen molar-refractivity contribution in [2.75, 3.05) is 6.67 Å². The average molecular weight is 171 g/mol. The lowest BCUT2D eigenvalue weighted by atomic mass is 9.79. The third-order valence-electron chi connectivity index (χ3n) is 3.80. The summed E-state index contributed by atoms with van der Waals surface area (Å²) >= 11 is 0. The van der Waals surface area contributed by atoms with Crippen LogP contribution in [-0.2, 0) is 0 Å². The van der Waals surface area contributed by atoms with Gasteiger partial charge in [0.1, 0.15) is 0 Å². The first-order chi connectivity index (χ1) is 5.74. The Labute approximate surface area is 73.5 Å². The van der Waals surface area contributed by atoms with E-state index in [0.717, 1.165) is 18.8 Å². The Balaban J connectivity index is 1.93. The Bertz CT molecular complexity index is 171. The van der Waals surface area contributed by atoms with Gasteiger partial charge in [0.05, 0.1) is 6.67 Å². The van der Waals surface area contributed by atoms with Crippen molar-refractivity contribution in [1.29, 1.82) is 0 Å². The summed E-state index contributed by atoms with van der Waals surface area (Å²) in [7, 11) is 0. The van der Waals surface area contributed by atoms with Crippen LogP contribution in [0.2, 0.25) is 0 Å². The maximum Gasteiger partial charge on any atom is 0.0895 e. The summed E-state index contributed by atoms with van der Waals surface area (Å²) in [4.78, 5) is 0. The van der Waals surface area contributed by atoms with E-state index < -0.39 is 0 Å². The maximum atomic E-state index is 12.0. The molecule has 2 fully saturated rings. The standard InChI is InChI=1S/C10H18FN/c11-5-1-4-10(12)7-8-2-3-9(10)6-8/h8-9H,1-7,12H2. The number of alkyl halides is 1. The van der Waals surface area contributed by atoms with E-state index in [-0.39, 0.29) is 12.2 Å². The molecule has 0 spiro atoms. The highest BCUT2D eigenvalue weighted by molar-refractivity contribution is 5.03. The van der Waals surface area contributed by atoms with Gasteiger partial charge in [0.15, 0.2) is 0 Å². The minimum absolute atomic E-state index is 0.0228. The first-order valence-corrected chi connectivity index (χ1v) is 5.09. The zero-order valence-corrected chi connectivity index (χ0v) is 7.56. The van der Waals surface area contributed by atoms with Crippen molar-refractivity contribution >= 4 is 0 Å². The fourth-order valence-corrected chi connectivity index (χ4v) is 3.19. The van der Waals surface area contributed by atoms with Gasteiger partial charge in [0.2, 0.25) is 0 Å². The lowest BCUT2D eigenvalue weighted by Crippen LogP contribution is -2.44. The second-order valence-corrected chi connectivity index (χ2v) is 4.61. The fourth-order valence-electron chi connectivity index (χ4n) is 3.19. The van der Waals surface area contributed by atoms with E-state index in [1.165, 1.54) is 19.3 Å². The van der Waals surface area contributed by atoms with Gasteiger partial charge in [-0.25, -0.2) is 0 Å². The number of nitrogens with two attached hydrogens (primary N) is 1. The molecule has 2 aliphatic rings. The molecular weight excluding hydrogens is 153 g/mol. The highest BCUT2D eigenvalue weighted by Gasteiger charge is 2.47. The Morgan fingerprint density at radius 2 is 2.25 bits per heavy atom. The Morgan fingerprint density at radius 1 is 1.42 bits per heavy atom. The van der Waals surface area contributed by atoms with Crippen LogP contribution >= 0.6 is 0 Å². The number of halogens is 1. The quantitative estimate of drug-likeness (QED) is 0.692. The number of rotatable bonds is 3. The van der Waals surface area contributed by atoms with E-state index in [9.17, 15) is 4.39 Å². The van der Waals surface area contributed by atoms with E-state index in [1.54, 1.807) is 0 Å². The van der Waals surface area contributed by atoms with Crippen molar-refractivity contribution in [2.24, 2.45) is 17.6 Å². The molecule has 2 N–H and O–H groups in total. The molecule has 2 bridgehead atoms. The van der Waals surface area contributed by atoms with Gasteiger partial charge in [-0.1, -0.05) is 6.42 Å². The smallest absolute Gasteiger partial charge is 0.0895 e. The lowest BCUT2D eigenvalue weighted by molar-refractivity contribution is 0.240. The van der Waals surface area contributed by atoms with Crippen molar-refractivity contribution in [1.82, 2.24) is 0 Å². The molecule has 0 aromatic rings. The van der Waals surface area contributed by atoms with Crippen LogP contribution in [0.15, 0.2) is 0 Å². The normalized spacial score (nSPS) is 45.5. The number of fused-ring (bicyclic) bond motifs is 2. The average Bonchev–Trinajstić information content (AvgIpc) is 2.60. The number of hydrogen-bond donors (Lipinski definition) is 1. The molecule has 1 nitrogen and oxygen atoms in total. The zero-order valence-electron chi connectivity index (χ0n) is 7.56. The molecule has 2 heteroatoms. The minimum atomic E-state index is -0.198. The van der Waals surface area contributed by atoms with Crippen molar-refractivity contribution in [3.05, 3.63) is 0 Å². The molecular formula is C10H18FN. The first kappa shape index (κ1) is 8.49. The van der Waals surface area contributed by atoms with Crippen LogP contribution in [-0.4, -0.2) is 12.2 Å². The van der Waals surface area contributed by atoms with Gasteiger partial charge in [-0.05, 0) is 43.9 Å². The van der Waals surface area contributed by atoms with Crippen LogP contribution in [0.1, 0.15) is 38.5 Å². The highest BCUT2D eigenvalue weighted by Crippen LogP contribution is 2.51. The Hall–Kier alpha value is -0.110. The molecule has 3 atom stereocenters. The zero-order chi connectivity index (χ0) is 8.60. The third kappa shape index (κ3) is 1.26. The van der Waals surface area contributed by atoms with Gasteiger partial charge in [-0.2, -0.15) is 0 Å². The largest absolute Gasteiger partial charge is 0.325 e. The second kappa shape index (κ2) is 2.99. The molecule has 0 aromatic heterocycles. The van der Waals surface area contributed by atoms with Crippen molar-refractivity contribution in [3.8, 4) is 0 Å². The van der Waals surface area contributed by atoms with Crippen LogP contribution < -0.4 is 5.73 Å². The van der Waals surface area contributed by atoms with Crippen molar-refractivity contribution in [2.45, 2.75) is 44.1 Å².